The topological polar surface area (TPSA) is 58.1 Å². The van der Waals surface area contributed by atoms with Gasteiger partial charge < -0.3 is 20.1 Å². The molecule has 6 heteroatoms. The minimum atomic E-state index is 0.247. The van der Waals surface area contributed by atoms with Crippen LogP contribution >= 0.6 is 0 Å². The highest BCUT2D eigenvalue weighted by Gasteiger charge is 2.33. The number of nitrogens with zero attached hydrogens (tertiary/aromatic N) is 2. The molecule has 2 saturated heterocycles. The first-order valence-corrected chi connectivity index (χ1v) is 9.46. The summed E-state index contributed by atoms with van der Waals surface area (Å²) in [6.07, 6.45) is 2.42. The third-order valence-corrected chi connectivity index (χ3v) is 5.39. The first-order chi connectivity index (χ1) is 11.6. The Hall–Kier alpha value is -0.850. The second-order valence-corrected chi connectivity index (χ2v) is 7.40. The van der Waals surface area contributed by atoms with Gasteiger partial charge in [-0.1, -0.05) is 33.6 Å². The molecule has 1 atom stereocenters. The highest BCUT2D eigenvalue weighted by atomic mass is 16.5. The minimum absolute atomic E-state index is 0.247. The van der Waals surface area contributed by atoms with Gasteiger partial charge in [-0.05, 0) is 5.92 Å². The van der Waals surface area contributed by atoms with Crippen LogP contribution in [-0.4, -0.2) is 76.6 Å². The molecular weight excluding hydrogens is 304 g/mol. The number of ether oxygens (including phenoxy) is 2. The van der Waals surface area contributed by atoms with Crippen LogP contribution < -0.4 is 10.6 Å². The van der Waals surface area contributed by atoms with Crippen molar-refractivity contribution < 1.29 is 9.47 Å². The van der Waals surface area contributed by atoms with E-state index in [1.54, 1.807) is 0 Å². The van der Waals surface area contributed by atoms with Gasteiger partial charge in [-0.2, -0.15) is 0 Å². The maximum atomic E-state index is 5.53. The molecule has 2 N–H and O–H groups in total. The Morgan fingerprint density at radius 3 is 2.29 bits per heavy atom. The van der Waals surface area contributed by atoms with Gasteiger partial charge in [-0.3, -0.25) is 9.89 Å². The molecule has 6 nitrogen and oxygen atoms in total. The molecule has 24 heavy (non-hydrogen) atoms. The smallest absolute Gasteiger partial charge is 0.191 e. The summed E-state index contributed by atoms with van der Waals surface area (Å²) in [5, 5.41) is 7.01. The van der Waals surface area contributed by atoms with Crippen molar-refractivity contribution in [1.29, 1.82) is 0 Å². The quantitative estimate of drug-likeness (QED) is 0.516. The van der Waals surface area contributed by atoms with Gasteiger partial charge >= 0.3 is 0 Å². The van der Waals surface area contributed by atoms with E-state index in [4.69, 9.17) is 9.47 Å². The predicted octanol–water partition coefficient (Wildman–Crippen LogP) is 1.32. The van der Waals surface area contributed by atoms with E-state index >= 15 is 0 Å². The van der Waals surface area contributed by atoms with Crippen molar-refractivity contribution in [3.63, 3.8) is 0 Å². The largest absolute Gasteiger partial charge is 0.380 e. The van der Waals surface area contributed by atoms with Crippen LogP contribution in [0.4, 0.5) is 0 Å². The molecule has 140 valence electrons. The standard InChI is InChI=1S/C18H36N4O2/c1-5-15(6-2)16(22-7-9-23-10-8-22)11-20-17(19-4)21-12-18(3)13-24-14-18/h15-16H,5-14H2,1-4H3,(H2,19,20,21). The second kappa shape index (κ2) is 9.59. The number of nitrogens with one attached hydrogen (secondary N) is 2. The molecule has 0 aromatic heterocycles. The van der Waals surface area contributed by atoms with Crippen LogP contribution in [-0.2, 0) is 9.47 Å². The molecule has 2 aliphatic rings. The van der Waals surface area contributed by atoms with E-state index in [1.165, 1.54) is 12.8 Å². The van der Waals surface area contributed by atoms with E-state index in [0.717, 1.165) is 58.6 Å². The van der Waals surface area contributed by atoms with Crippen LogP contribution in [0.2, 0.25) is 0 Å². The van der Waals surface area contributed by atoms with E-state index < -0.39 is 0 Å². The highest BCUT2D eigenvalue weighted by Crippen LogP contribution is 2.25. The molecule has 2 heterocycles. The lowest BCUT2D eigenvalue weighted by atomic mass is 9.89. The summed E-state index contributed by atoms with van der Waals surface area (Å²) in [7, 11) is 1.84. The molecule has 1 unspecified atom stereocenters. The van der Waals surface area contributed by atoms with Gasteiger partial charge in [-0.15, -0.1) is 0 Å². The molecule has 2 rings (SSSR count). The molecule has 0 aromatic carbocycles. The van der Waals surface area contributed by atoms with Gasteiger partial charge in [0.05, 0.1) is 26.4 Å². The van der Waals surface area contributed by atoms with Crippen LogP contribution in [0.5, 0.6) is 0 Å². The lowest BCUT2D eigenvalue weighted by Gasteiger charge is -2.40. The Morgan fingerprint density at radius 2 is 1.79 bits per heavy atom. The molecule has 0 aliphatic carbocycles. The monoisotopic (exact) mass is 340 g/mol. The number of rotatable bonds is 8. The number of guanidine groups is 1. The molecule has 2 aliphatic heterocycles. The predicted molar refractivity (Wildman–Crippen MR) is 98.5 cm³/mol. The third-order valence-electron chi connectivity index (χ3n) is 5.39. The van der Waals surface area contributed by atoms with Crippen molar-refractivity contribution >= 4 is 5.96 Å². The van der Waals surface area contributed by atoms with Gasteiger partial charge in [0.25, 0.3) is 0 Å². The van der Waals surface area contributed by atoms with Crippen LogP contribution in [0.25, 0.3) is 0 Å². The van der Waals surface area contributed by atoms with E-state index in [1.807, 2.05) is 7.05 Å². The van der Waals surface area contributed by atoms with Crippen molar-refractivity contribution in [2.24, 2.45) is 16.3 Å². The number of morpholine rings is 1. The lowest BCUT2D eigenvalue weighted by molar-refractivity contribution is -0.0971. The summed E-state index contributed by atoms with van der Waals surface area (Å²) in [5.41, 5.74) is 0.247. The van der Waals surface area contributed by atoms with E-state index in [2.05, 4.69) is 41.3 Å². The van der Waals surface area contributed by atoms with Crippen molar-refractivity contribution in [2.45, 2.75) is 39.7 Å². The summed E-state index contributed by atoms with van der Waals surface area (Å²) in [4.78, 5) is 6.97. The maximum absolute atomic E-state index is 5.53. The zero-order valence-electron chi connectivity index (χ0n) is 15.9. The summed E-state index contributed by atoms with van der Waals surface area (Å²) in [5.74, 6) is 1.60. The van der Waals surface area contributed by atoms with Gasteiger partial charge in [0, 0.05) is 44.7 Å². The minimum Gasteiger partial charge on any atom is -0.380 e. The number of hydrogen-bond acceptors (Lipinski definition) is 4. The number of aliphatic imine (C=N–C) groups is 1. The first kappa shape index (κ1) is 19.5. The Bertz CT molecular complexity index is 388. The fourth-order valence-corrected chi connectivity index (χ4v) is 3.61. The average Bonchev–Trinajstić information content (AvgIpc) is 2.60. The van der Waals surface area contributed by atoms with E-state index in [-0.39, 0.29) is 5.41 Å². The van der Waals surface area contributed by atoms with Gasteiger partial charge in [0.15, 0.2) is 5.96 Å². The van der Waals surface area contributed by atoms with E-state index in [0.29, 0.717) is 12.0 Å². The molecule has 2 fully saturated rings. The Balaban J connectivity index is 1.87. The first-order valence-electron chi connectivity index (χ1n) is 9.46. The summed E-state index contributed by atoms with van der Waals surface area (Å²) in [6.45, 7) is 14.1. The van der Waals surface area contributed by atoms with Crippen LogP contribution in [0.3, 0.4) is 0 Å². The SMILES string of the molecule is CCC(CC)C(CNC(=NC)NCC1(C)COC1)N1CCOCC1. The van der Waals surface area contributed by atoms with Crippen molar-refractivity contribution in [3.05, 3.63) is 0 Å². The Kier molecular flexibility index (Phi) is 7.78. The maximum Gasteiger partial charge on any atom is 0.191 e. The summed E-state index contributed by atoms with van der Waals surface area (Å²) in [6, 6.07) is 0.532. The molecule has 0 spiro atoms. The number of hydrogen-bond donors (Lipinski definition) is 2. The van der Waals surface area contributed by atoms with Gasteiger partial charge in [0.1, 0.15) is 0 Å². The zero-order valence-corrected chi connectivity index (χ0v) is 15.9. The van der Waals surface area contributed by atoms with E-state index in [9.17, 15) is 0 Å². The summed E-state index contributed by atoms with van der Waals surface area (Å²) >= 11 is 0. The van der Waals surface area contributed by atoms with Gasteiger partial charge in [0.2, 0.25) is 0 Å². The lowest BCUT2D eigenvalue weighted by Crippen LogP contribution is -2.55. The normalized spacial score (nSPS) is 23.0. The second-order valence-electron chi connectivity index (χ2n) is 7.40. The Labute approximate surface area is 147 Å². The highest BCUT2D eigenvalue weighted by molar-refractivity contribution is 5.79. The zero-order chi connectivity index (χ0) is 17.4. The fraction of sp³-hybridized carbons (Fsp3) is 0.944. The molecule has 0 bridgehead atoms. The summed E-state index contributed by atoms with van der Waals surface area (Å²) < 4.78 is 10.9. The van der Waals surface area contributed by atoms with Gasteiger partial charge in [-0.25, -0.2) is 0 Å². The van der Waals surface area contributed by atoms with Crippen LogP contribution in [0, 0.1) is 11.3 Å². The van der Waals surface area contributed by atoms with Crippen molar-refractivity contribution in [2.75, 3.05) is 59.7 Å². The van der Waals surface area contributed by atoms with Crippen molar-refractivity contribution in [1.82, 2.24) is 15.5 Å². The van der Waals surface area contributed by atoms with Crippen LogP contribution in [0.15, 0.2) is 4.99 Å². The molecule has 0 radical (unpaired) electrons. The third kappa shape index (κ3) is 5.33. The van der Waals surface area contributed by atoms with Crippen LogP contribution in [0.1, 0.15) is 33.6 Å². The molecular formula is C18H36N4O2. The fourth-order valence-electron chi connectivity index (χ4n) is 3.61. The average molecular weight is 341 g/mol. The Morgan fingerprint density at radius 1 is 1.12 bits per heavy atom. The molecule has 0 amide bonds. The molecule has 0 aromatic rings. The van der Waals surface area contributed by atoms with Crippen molar-refractivity contribution in [3.8, 4) is 0 Å². The molecule has 0 saturated carbocycles.